The predicted octanol–water partition coefficient (Wildman–Crippen LogP) is 6.49. The molecule has 0 aliphatic rings. The lowest BCUT2D eigenvalue weighted by Gasteiger charge is -2.25. The highest BCUT2D eigenvalue weighted by Gasteiger charge is 2.11. The summed E-state index contributed by atoms with van der Waals surface area (Å²) in [5.74, 6) is 0.711. The van der Waals surface area contributed by atoms with E-state index in [9.17, 15) is 0 Å². The van der Waals surface area contributed by atoms with Gasteiger partial charge >= 0.3 is 0 Å². The van der Waals surface area contributed by atoms with Crippen LogP contribution < -0.4 is 20.4 Å². The van der Waals surface area contributed by atoms with Gasteiger partial charge in [0.2, 0.25) is 0 Å². The molecular weight excluding hydrogens is 428 g/mol. The third-order valence-electron chi connectivity index (χ3n) is 4.91. The van der Waals surface area contributed by atoms with Crippen LogP contribution in [0.5, 0.6) is 5.75 Å². The van der Waals surface area contributed by atoms with Crippen molar-refractivity contribution in [2.24, 2.45) is 5.10 Å². The van der Waals surface area contributed by atoms with Crippen molar-refractivity contribution in [1.82, 2.24) is 5.43 Å². The van der Waals surface area contributed by atoms with Crippen molar-refractivity contribution in [1.29, 1.82) is 0 Å². The number of ether oxygens (including phenoxy) is 1. The van der Waals surface area contributed by atoms with Crippen molar-refractivity contribution in [3.63, 3.8) is 0 Å². The fourth-order valence-electron chi connectivity index (χ4n) is 3.37. The molecular formula is C27H24N4OS. The highest BCUT2D eigenvalue weighted by atomic mass is 32.1. The number of hydrazone groups is 1. The molecule has 0 atom stereocenters. The fraction of sp³-hybridized carbons (Fsp3) is 0.0370. The maximum atomic E-state index is 5.32. The lowest BCUT2D eigenvalue weighted by molar-refractivity contribution is 0.417. The maximum absolute atomic E-state index is 5.32. The first-order valence-corrected chi connectivity index (χ1v) is 10.9. The third-order valence-corrected chi connectivity index (χ3v) is 5.11. The van der Waals surface area contributed by atoms with Crippen LogP contribution in [0.15, 0.2) is 114 Å². The number of hydrogen-bond acceptors (Lipinski definition) is 4. The Hall–Kier alpha value is -4.16. The average Bonchev–Trinajstić information content (AvgIpc) is 2.87. The normalized spacial score (nSPS) is 10.6. The summed E-state index contributed by atoms with van der Waals surface area (Å²) in [4.78, 5) is 2.21. The second-order valence-electron chi connectivity index (χ2n) is 7.12. The van der Waals surface area contributed by atoms with Gasteiger partial charge in [-0.3, -0.25) is 5.43 Å². The van der Waals surface area contributed by atoms with E-state index in [1.54, 1.807) is 13.3 Å². The molecule has 0 saturated heterocycles. The molecule has 0 aromatic heterocycles. The Morgan fingerprint density at radius 1 is 0.758 bits per heavy atom. The van der Waals surface area contributed by atoms with E-state index in [0.717, 1.165) is 28.3 Å². The number of nitrogens with one attached hydrogen (secondary N) is 2. The van der Waals surface area contributed by atoms with Gasteiger partial charge in [-0.2, -0.15) is 5.10 Å². The molecule has 0 amide bonds. The van der Waals surface area contributed by atoms with Crippen LogP contribution in [0.25, 0.3) is 0 Å². The summed E-state index contributed by atoms with van der Waals surface area (Å²) in [5, 5.41) is 7.72. The second-order valence-corrected chi connectivity index (χ2v) is 7.53. The smallest absolute Gasteiger partial charge is 0.191 e. The number of para-hydroxylation sites is 4. The average molecular weight is 453 g/mol. The fourth-order valence-corrected chi connectivity index (χ4v) is 3.54. The van der Waals surface area contributed by atoms with Crippen molar-refractivity contribution >= 4 is 46.3 Å². The van der Waals surface area contributed by atoms with Gasteiger partial charge in [0.15, 0.2) is 5.11 Å². The van der Waals surface area contributed by atoms with Gasteiger partial charge in [-0.1, -0.05) is 60.7 Å². The first kappa shape index (κ1) is 22.0. The molecule has 0 spiro atoms. The Morgan fingerprint density at radius 2 is 1.30 bits per heavy atom. The van der Waals surface area contributed by atoms with Gasteiger partial charge in [-0.05, 0) is 66.3 Å². The zero-order chi connectivity index (χ0) is 22.9. The summed E-state index contributed by atoms with van der Waals surface area (Å²) >= 11 is 5.32. The molecule has 0 fully saturated rings. The largest absolute Gasteiger partial charge is 0.495 e. The number of hydrogen-bond donors (Lipinski definition) is 2. The summed E-state index contributed by atoms with van der Waals surface area (Å²) < 4.78 is 5.32. The summed E-state index contributed by atoms with van der Waals surface area (Å²) in [6.07, 6.45) is 1.73. The summed E-state index contributed by atoms with van der Waals surface area (Å²) in [7, 11) is 1.62. The molecule has 5 nitrogen and oxygen atoms in total. The van der Waals surface area contributed by atoms with E-state index in [4.69, 9.17) is 17.0 Å². The number of methoxy groups -OCH3 is 1. The molecule has 33 heavy (non-hydrogen) atoms. The van der Waals surface area contributed by atoms with Crippen LogP contribution in [0.3, 0.4) is 0 Å². The van der Waals surface area contributed by atoms with Gasteiger partial charge in [0.25, 0.3) is 0 Å². The lowest BCUT2D eigenvalue weighted by Crippen LogP contribution is -2.24. The quantitative estimate of drug-likeness (QED) is 0.191. The van der Waals surface area contributed by atoms with Crippen molar-refractivity contribution in [3.05, 3.63) is 115 Å². The molecule has 0 aliphatic carbocycles. The third kappa shape index (κ3) is 5.75. The van der Waals surface area contributed by atoms with E-state index in [0.29, 0.717) is 10.9 Å². The van der Waals surface area contributed by atoms with E-state index in [-0.39, 0.29) is 0 Å². The van der Waals surface area contributed by atoms with Crippen molar-refractivity contribution in [2.45, 2.75) is 0 Å². The number of thiocarbonyl (C=S) groups is 1. The Morgan fingerprint density at radius 3 is 1.91 bits per heavy atom. The molecule has 4 aromatic rings. The van der Waals surface area contributed by atoms with E-state index >= 15 is 0 Å². The van der Waals surface area contributed by atoms with Gasteiger partial charge in [-0.15, -0.1) is 0 Å². The SMILES string of the molecule is COc1ccccc1NC(=S)NN=Cc1ccc(N(c2ccccc2)c2ccccc2)cc1. The molecule has 0 aliphatic heterocycles. The Balaban J connectivity index is 1.45. The molecule has 0 bridgehead atoms. The molecule has 164 valence electrons. The molecule has 6 heteroatoms. The van der Waals surface area contributed by atoms with Gasteiger partial charge in [0.05, 0.1) is 19.0 Å². The summed E-state index contributed by atoms with van der Waals surface area (Å²) in [6.45, 7) is 0. The summed E-state index contributed by atoms with van der Waals surface area (Å²) in [6, 6.07) is 36.4. The molecule has 2 N–H and O–H groups in total. The lowest BCUT2D eigenvalue weighted by atomic mass is 10.1. The highest BCUT2D eigenvalue weighted by Crippen LogP contribution is 2.33. The van der Waals surface area contributed by atoms with Gasteiger partial charge in [0.1, 0.15) is 5.75 Å². The Labute approximate surface area is 199 Å². The van der Waals surface area contributed by atoms with Gasteiger partial charge in [0, 0.05) is 17.1 Å². The van der Waals surface area contributed by atoms with E-state index < -0.39 is 0 Å². The standard InChI is InChI=1S/C27H24N4OS/c1-32-26-15-9-8-14-25(26)29-27(33)30-28-20-21-16-18-24(19-17-21)31(22-10-4-2-5-11-22)23-12-6-3-7-13-23/h2-20H,1H3,(H2,29,30,33). The zero-order valence-corrected chi connectivity index (χ0v) is 19.0. The van der Waals surface area contributed by atoms with Crippen molar-refractivity contribution in [2.75, 3.05) is 17.3 Å². The molecule has 0 saturated carbocycles. The van der Waals surface area contributed by atoms with Gasteiger partial charge < -0.3 is 15.0 Å². The van der Waals surface area contributed by atoms with Crippen LogP contribution in [0.4, 0.5) is 22.7 Å². The zero-order valence-electron chi connectivity index (χ0n) is 18.2. The molecule has 0 heterocycles. The van der Waals surface area contributed by atoms with E-state index in [1.807, 2.05) is 72.8 Å². The minimum absolute atomic E-state index is 0.381. The van der Waals surface area contributed by atoms with Crippen LogP contribution in [0, 0.1) is 0 Å². The topological polar surface area (TPSA) is 48.9 Å². The first-order chi connectivity index (χ1) is 16.2. The van der Waals surface area contributed by atoms with Crippen LogP contribution in [0.2, 0.25) is 0 Å². The highest BCUT2D eigenvalue weighted by molar-refractivity contribution is 7.80. The van der Waals surface area contributed by atoms with Crippen LogP contribution in [-0.4, -0.2) is 18.4 Å². The van der Waals surface area contributed by atoms with Gasteiger partial charge in [-0.25, -0.2) is 0 Å². The van der Waals surface area contributed by atoms with E-state index in [2.05, 4.69) is 57.1 Å². The number of rotatable bonds is 7. The van der Waals surface area contributed by atoms with Crippen molar-refractivity contribution < 1.29 is 4.74 Å². The van der Waals surface area contributed by atoms with Crippen LogP contribution in [0.1, 0.15) is 5.56 Å². The minimum atomic E-state index is 0.381. The monoisotopic (exact) mass is 452 g/mol. The van der Waals surface area contributed by atoms with Crippen molar-refractivity contribution in [3.8, 4) is 5.75 Å². The number of benzene rings is 4. The molecule has 4 aromatic carbocycles. The number of anilines is 4. The van der Waals surface area contributed by atoms with Crippen LogP contribution >= 0.6 is 12.2 Å². The molecule has 4 rings (SSSR count). The van der Waals surface area contributed by atoms with E-state index in [1.165, 1.54) is 0 Å². The minimum Gasteiger partial charge on any atom is -0.495 e. The molecule has 0 radical (unpaired) electrons. The Bertz CT molecular complexity index is 1170. The predicted molar refractivity (Wildman–Crippen MR) is 141 cm³/mol. The second kappa shape index (κ2) is 10.9. The maximum Gasteiger partial charge on any atom is 0.191 e. The summed E-state index contributed by atoms with van der Waals surface area (Å²) in [5.41, 5.74) is 7.83. The number of nitrogens with zero attached hydrogens (tertiary/aromatic N) is 2. The molecule has 0 unspecified atom stereocenters. The first-order valence-electron chi connectivity index (χ1n) is 10.5. The van der Waals surface area contributed by atoms with Crippen LogP contribution in [-0.2, 0) is 0 Å². The Kier molecular flexibility index (Phi) is 7.30.